The van der Waals surface area contributed by atoms with E-state index in [4.69, 9.17) is 4.42 Å². The van der Waals surface area contributed by atoms with Crippen molar-refractivity contribution >= 4 is 5.91 Å². The zero-order chi connectivity index (χ0) is 22.8. The van der Waals surface area contributed by atoms with Gasteiger partial charge >= 0.3 is 0 Å². The highest BCUT2D eigenvalue weighted by molar-refractivity contribution is 5.73. The van der Waals surface area contributed by atoms with Gasteiger partial charge in [-0.15, -0.1) is 10.2 Å². The molecule has 0 radical (unpaired) electrons. The van der Waals surface area contributed by atoms with Crippen molar-refractivity contribution in [2.24, 2.45) is 30.7 Å². The maximum absolute atomic E-state index is 11.6. The van der Waals surface area contributed by atoms with Crippen molar-refractivity contribution in [3.8, 4) is 11.6 Å². The smallest absolute Gasteiger partial charge is 0.265 e. The molecule has 0 aromatic carbocycles. The van der Waals surface area contributed by atoms with E-state index in [0.29, 0.717) is 35.5 Å². The summed E-state index contributed by atoms with van der Waals surface area (Å²) in [5.41, 5.74) is 2.26. The van der Waals surface area contributed by atoms with Gasteiger partial charge in [0.1, 0.15) is 5.69 Å². The van der Waals surface area contributed by atoms with Crippen LogP contribution in [0.1, 0.15) is 40.0 Å². The van der Waals surface area contributed by atoms with Crippen molar-refractivity contribution in [2.75, 3.05) is 32.7 Å². The molecule has 1 saturated heterocycles. The third-order valence-electron chi connectivity index (χ3n) is 7.29. The lowest BCUT2D eigenvalue weighted by Crippen LogP contribution is -2.50. The fourth-order valence-corrected chi connectivity index (χ4v) is 5.24. The topological polar surface area (TPSA) is 80.3 Å². The van der Waals surface area contributed by atoms with Gasteiger partial charge in [-0.1, -0.05) is 25.5 Å². The van der Waals surface area contributed by atoms with E-state index in [9.17, 15) is 4.79 Å². The summed E-state index contributed by atoms with van der Waals surface area (Å²) in [5.74, 6) is 3.61. The van der Waals surface area contributed by atoms with Crippen molar-refractivity contribution < 1.29 is 9.21 Å². The van der Waals surface area contributed by atoms with Gasteiger partial charge < -0.3 is 13.9 Å². The molecular weight excluding hydrogens is 404 g/mol. The Morgan fingerprint density at radius 3 is 2.59 bits per heavy atom. The molecule has 1 fully saturated rings. The van der Waals surface area contributed by atoms with E-state index in [-0.39, 0.29) is 5.91 Å². The number of aryl methyl sites for hydroxylation is 1. The van der Waals surface area contributed by atoms with Gasteiger partial charge in [0.25, 0.3) is 5.89 Å². The molecule has 1 aliphatic heterocycles. The molecule has 8 heteroatoms. The molecule has 1 aliphatic carbocycles. The maximum Gasteiger partial charge on any atom is 0.265 e. The quantitative estimate of drug-likeness (QED) is 0.643. The third kappa shape index (κ3) is 4.95. The average molecular weight is 441 g/mol. The minimum Gasteiger partial charge on any atom is -0.419 e. The first-order chi connectivity index (χ1) is 15.3. The number of aromatic nitrogens is 4. The highest BCUT2D eigenvalue weighted by Crippen LogP contribution is 2.39. The SMILES string of the molecule is CC(=O)N1CCN(C[C@@H]2C=C(C)[C@H](Cc3nnc(-c4cncn4C)o3)C[C@H]2C(C)C)CC1. The van der Waals surface area contributed by atoms with Crippen molar-refractivity contribution in [1.29, 1.82) is 0 Å². The van der Waals surface area contributed by atoms with Crippen LogP contribution in [0.2, 0.25) is 0 Å². The number of amides is 1. The first-order valence-electron chi connectivity index (χ1n) is 11.8. The third-order valence-corrected chi connectivity index (χ3v) is 7.29. The Morgan fingerprint density at radius 1 is 1.22 bits per heavy atom. The summed E-state index contributed by atoms with van der Waals surface area (Å²) in [7, 11) is 1.92. The summed E-state index contributed by atoms with van der Waals surface area (Å²) < 4.78 is 7.87. The van der Waals surface area contributed by atoms with Gasteiger partial charge in [-0.25, -0.2) is 4.98 Å². The summed E-state index contributed by atoms with van der Waals surface area (Å²) in [6.07, 6.45) is 7.90. The van der Waals surface area contributed by atoms with Gasteiger partial charge in [0.05, 0.1) is 12.5 Å². The number of piperazine rings is 1. The number of imidazole rings is 1. The summed E-state index contributed by atoms with van der Waals surface area (Å²) in [6, 6.07) is 0. The molecule has 3 heterocycles. The maximum atomic E-state index is 11.6. The van der Waals surface area contributed by atoms with Crippen LogP contribution >= 0.6 is 0 Å². The number of hydrogen-bond donors (Lipinski definition) is 0. The second-order valence-corrected chi connectivity index (χ2v) is 9.82. The normalized spacial score (nSPS) is 24.8. The van der Waals surface area contributed by atoms with Crippen LogP contribution in [0.5, 0.6) is 0 Å². The standard InChI is InChI=1S/C24H36N6O2/c1-16(2)21-11-19(12-23-26-27-24(32-23)22-13-25-15-28(22)5)17(3)10-20(21)14-29-6-8-30(9-7-29)18(4)31/h10,13,15-16,19-21H,6-9,11-12,14H2,1-5H3/t19-,20-,21-/m0/s1. The van der Waals surface area contributed by atoms with E-state index in [2.05, 4.69) is 46.9 Å². The molecule has 2 aromatic heterocycles. The van der Waals surface area contributed by atoms with Gasteiger partial charge in [0.2, 0.25) is 11.8 Å². The van der Waals surface area contributed by atoms with E-state index >= 15 is 0 Å². The Balaban J connectivity index is 1.42. The minimum absolute atomic E-state index is 0.188. The summed E-state index contributed by atoms with van der Waals surface area (Å²) in [5, 5.41) is 8.56. The summed E-state index contributed by atoms with van der Waals surface area (Å²) in [4.78, 5) is 20.2. The minimum atomic E-state index is 0.188. The van der Waals surface area contributed by atoms with Gasteiger partial charge in [-0.2, -0.15) is 0 Å². The second kappa shape index (κ2) is 9.57. The summed E-state index contributed by atoms with van der Waals surface area (Å²) in [6.45, 7) is 13.3. The van der Waals surface area contributed by atoms with Crippen LogP contribution in [0, 0.1) is 23.7 Å². The lowest BCUT2D eigenvalue weighted by molar-refractivity contribution is -0.130. The van der Waals surface area contributed by atoms with Crippen LogP contribution in [0.25, 0.3) is 11.6 Å². The predicted octanol–water partition coefficient (Wildman–Crippen LogP) is 3.03. The largest absolute Gasteiger partial charge is 0.419 e. The summed E-state index contributed by atoms with van der Waals surface area (Å²) >= 11 is 0. The average Bonchev–Trinajstić information content (AvgIpc) is 3.38. The Kier molecular flexibility index (Phi) is 6.79. The Labute approximate surface area is 190 Å². The molecule has 0 unspecified atom stereocenters. The zero-order valence-electron chi connectivity index (χ0n) is 20.0. The van der Waals surface area contributed by atoms with Gasteiger partial charge in [0, 0.05) is 53.1 Å². The monoisotopic (exact) mass is 440 g/mol. The number of carbonyl (C=O) groups excluding carboxylic acids is 1. The first kappa shape index (κ1) is 22.7. The highest BCUT2D eigenvalue weighted by Gasteiger charge is 2.34. The van der Waals surface area contributed by atoms with Gasteiger partial charge in [-0.3, -0.25) is 9.69 Å². The first-order valence-corrected chi connectivity index (χ1v) is 11.8. The number of nitrogens with zero attached hydrogens (tertiary/aromatic N) is 6. The molecule has 0 N–H and O–H groups in total. The Morgan fingerprint density at radius 2 is 1.97 bits per heavy atom. The van der Waals surface area contributed by atoms with Crippen LogP contribution in [0.15, 0.2) is 28.6 Å². The van der Waals surface area contributed by atoms with Gasteiger partial charge in [0.15, 0.2) is 0 Å². The molecule has 32 heavy (non-hydrogen) atoms. The lowest BCUT2D eigenvalue weighted by atomic mass is 9.69. The van der Waals surface area contributed by atoms with Crippen molar-refractivity contribution in [3.05, 3.63) is 30.1 Å². The number of rotatable bonds is 6. The zero-order valence-corrected chi connectivity index (χ0v) is 20.0. The van der Waals surface area contributed by atoms with E-state index in [0.717, 1.165) is 51.3 Å². The van der Waals surface area contributed by atoms with Crippen LogP contribution in [-0.2, 0) is 18.3 Å². The number of hydrogen-bond acceptors (Lipinski definition) is 6. The molecule has 8 nitrogen and oxygen atoms in total. The molecule has 0 saturated carbocycles. The molecule has 2 aliphatic rings. The molecule has 0 spiro atoms. The van der Waals surface area contributed by atoms with Crippen LogP contribution in [0.3, 0.4) is 0 Å². The van der Waals surface area contributed by atoms with E-state index in [1.807, 2.05) is 16.5 Å². The van der Waals surface area contributed by atoms with Crippen LogP contribution in [0.4, 0.5) is 0 Å². The molecule has 174 valence electrons. The Bertz CT molecular complexity index is 953. The number of allylic oxidation sites excluding steroid dienone is 1. The second-order valence-electron chi connectivity index (χ2n) is 9.82. The van der Waals surface area contributed by atoms with E-state index in [1.165, 1.54) is 5.57 Å². The van der Waals surface area contributed by atoms with Crippen molar-refractivity contribution in [2.45, 2.75) is 40.5 Å². The predicted molar refractivity (Wildman–Crippen MR) is 123 cm³/mol. The molecule has 1 amide bonds. The van der Waals surface area contributed by atoms with Crippen molar-refractivity contribution in [3.63, 3.8) is 0 Å². The fraction of sp³-hybridized carbons (Fsp3) is 0.667. The van der Waals surface area contributed by atoms with E-state index < -0.39 is 0 Å². The molecule has 4 rings (SSSR count). The van der Waals surface area contributed by atoms with Crippen LogP contribution in [-0.4, -0.2) is 68.2 Å². The van der Waals surface area contributed by atoms with Gasteiger partial charge in [-0.05, 0) is 37.0 Å². The molecule has 2 aromatic rings. The van der Waals surface area contributed by atoms with Crippen molar-refractivity contribution in [1.82, 2.24) is 29.5 Å². The molecule has 0 bridgehead atoms. The Hall–Kier alpha value is -2.48. The highest BCUT2D eigenvalue weighted by atomic mass is 16.4. The number of carbonyl (C=O) groups is 1. The van der Waals surface area contributed by atoms with E-state index in [1.54, 1.807) is 19.4 Å². The molecule has 3 atom stereocenters. The molecular formula is C24H36N6O2. The van der Waals surface area contributed by atoms with Crippen LogP contribution < -0.4 is 0 Å². The lowest BCUT2D eigenvalue weighted by Gasteiger charge is -2.41. The fourth-order valence-electron chi connectivity index (χ4n) is 5.24.